The van der Waals surface area contributed by atoms with E-state index in [1.54, 1.807) is 5.32 Å². The van der Waals surface area contributed by atoms with Crippen molar-refractivity contribution >= 4 is 11.9 Å². The number of aromatic nitrogens is 1. The number of esters is 1. The van der Waals surface area contributed by atoms with Gasteiger partial charge in [0.1, 0.15) is 0 Å². The predicted octanol–water partition coefficient (Wildman–Crippen LogP) is 0.385. The van der Waals surface area contributed by atoms with E-state index in [1.807, 2.05) is 11.9 Å². The first-order chi connectivity index (χ1) is 12.7. The minimum absolute atomic E-state index is 0.115. The van der Waals surface area contributed by atoms with Gasteiger partial charge in [-0.2, -0.15) is 13.2 Å². The van der Waals surface area contributed by atoms with Gasteiger partial charge in [-0.05, 0) is 26.1 Å². The maximum absolute atomic E-state index is 14.0. The minimum atomic E-state index is -5.15. The van der Waals surface area contributed by atoms with Gasteiger partial charge in [-0.15, -0.1) is 0 Å². The Hall–Kier alpha value is -2.24. The second-order valence-corrected chi connectivity index (χ2v) is 6.07. The Balaban J connectivity index is 2.35. The van der Waals surface area contributed by atoms with Crippen molar-refractivity contribution in [3.63, 3.8) is 0 Å². The standard InChI is InChI=1S/C16H22F3N5O3/c1-3-27-14(26)15(16(17,18)19,22-24-9-7-23(2)8-10-24)21-13(25)12-5-4-6-20-11-12/h4-6,11,22H,3,7-10H2,1-2H3,(H,21,25). The van der Waals surface area contributed by atoms with Crippen LogP contribution in [0.1, 0.15) is 17.3 Å². The minimum Gasteiger partial charge on any atom is -0.463 e. The second kappa shape index (κ2) is 8.63. The molecule has 2 N–H and O–H groups in total. The molecule has 0 radical (unpaired) electrons. The molecule has 8 nitrogen and oxygen atoms in total. The second-order valence-electron chi connectivity index (χ2n) is 6.07. The first-order valence-corrected chi connectivity index (χ1v) is 8.37. The van der Waals surface area contributed by atoms with Crippen molar-refractivity contribution in [3.05, 3.63) is 30.1 Å². The molecule has 1 aliphatic rings. The summed E-state index contributed by atoms with van der Waals surface area (Å²) in [4.78, 5) is 30.4. The summed E-state index contributed by atoms with van der Waals surface area (Å²) in [5.41, 5.74) is -1.36. The highest BCUT2D eigenvalue weighted by Crippen LogP contribution is 2.30. The van der Waals surface area contributed by atoms with Crippen LogP contribution < -0.4 is 10.7 Å². The third-order valence-corrected chi connectivity index (χ3v) is 4.06. The number of halogens is 3. The summed E-state index contributed by atoms with van der Waals surface area (Å²) < 4.78 is 46.7. The number of rotatable bonds is 6. The van der Waals surface area contributed by atoms with Crippen LogP contribution in [0.5, 0.6) is 0 Å². The van der Waals surface area contributed by atoms with E-state index in [0.717, 1.165) is 6.20 Å². The highest BCUT2D eigenvalue weighted by molar-refractivity contribution is 5.98. The van der Waals surface area contributed by atoms with Crippen LogP contribution in [0.4, 0.5) is 13.2 Å². The normalized spacial score (nSPS) is 18.6. The SMILES string of the molecule is CCOC(=O)C(NC(=O)c1cccnc1)(NN1CCN(C)CC1)C(F)(F)F. The number of piperazine rings is 1. The van der Waals surface area contributed by atoms with Crippen molar-refractivity contribution in [1.82, 2.24) is 25.6 Å². The molecule has 1 atom stereocenters. The Bertz CT molecular complexity index is 650. The average Bonchev–Trinajstić information content (AvgIpc) is 2.62. The number of likely N-dealkylation sites (N-methyl/N-ethyl adjacent to an activating group) is 1. The van der Waals surface area contributed by atoms with Crippen LogP contribution in [-0.2, 0) is 9.53 Å². The number of alkyl halides is 3. The molecule has 1 amide bonds. The van der Waals surface area contributed by atoms with Gasteiger partial charge in [-0.3, -0.25) is 9.78 Å². The Kier molecular flexibility index (Phi) is 6.73. The summed E-state index contributed by atoms with van der Waals surface area (Å²) in [7, 11) is 1.84. The summed E-state index contributed by atoms with van der Waals surface area (Å²) in [5, 5.41) is 3.04. The van der Waals surface area contributed by atoms with Crippen molar-refractivity contribution in [2.45, 2.75) is 18.8 Å². The van der Waals surface area contributed by atoms with E-state index in [2.05, 4.69) is 15.1 Å². The smallest absolute Gasteiger partial charge is 0.437 e. The number of carbonyl (C=O) groups is 2. The van der Waals surface area contributed by atoms with Gasteiger partial charge in [-0.25, -0.2) is 15.2 Å². The number of hydrogen-bond acceptors (Lipinski definition) is 7. The number of amides is 1. The molecule has 0 bridgehead atoms. The van der Waals surface area contributed by atoms with Crippen molar-refractivity contribution in [3.8, 4) is 0 Å². The number of hydrogen-bond donors (Lipinski definition) is 2. The van der Waals surface area contributed by atoms with Gasteiger partial charge in [0.15, 0.2) is 0 Å². The highest BCUT2D eigenvalue weighted by atomic mass is 19.4. The number of carbonyl (C=O) groups excluding carboxylic acids is 2. The largest absolute Gasteiger partial charge is 0.463 e. The molecule has 2 rings (SSSR count). The van der Waals surface area contributed by atoms with Crippen LogP contribution in [-0.4, -0.2) is 78.4 Å². The van der Waals surface area contributed by atoms with Crippen LogP contribution in [0.3, 0.4) is 0 Å². The number of pyridine rings is 1. The van der Waals surface area contributed by atoms with E-state index in [0.29, 0.717) is 13.1 Å². The number of ether oxygens (including phenoxy) is 1. The Morgan fingerprint density at radius 2 is 1.93 bits per heavy atom. The Morgan fingerprint density at radius 1 is 1.26 bits per heavy atom. The molecule has 1 fully saturated rings. The Labute approximate surface area is 154 Å². The molecule has 1 saturated heterocycles. The van der Waals surface area contributed by atoms with E-state index in [-0.39, 0.29) is 25.3 Å². The topological polar surface area (TPSA) is 86.8 Å². The molecule has 0 aromatic carbocycles. The molecule has 1 unspecified atom stereocenters. The Morgan fingerprint density at radius 3 is 2.44 bits per heavy atom. The first-order valence-electron chi connectivity index (χ1n) is 8.37. The summed E-state index contributed by atoms with van der Waals surface area (Å²) in [5.74, 6) is -2.73. The maximum Gasteiger partial charge on any atom is 0.437 e. The molecule has 1 aromatic rings. The summed E-state index contributed by atoms with van der Waals surface area (Å²) in [6.45, 7) is 2.58. The van der Waals surface area contributed by atoms with Crippen LogP contribution in [0.2, 0.25) is 0 Å². The van der Waals surface area contributed by atoms with Crippen molar-refractivity contribution in [1.29, 1.82) is 0 Å². The van der Waals surface area contributed by atoms with Gasteiger partial charge in [0.05, 0.1) is 12.2 Å². The molecule has 1 aromatic heterocycles. The molecule has 27 heavy (non-hydrogen) atoms. The van der Waals surface area contributed by atoms with Gasteiger partial charge in [-0.1, -0.05) is 0 Å². The van der Waals surface area contributed by atoms with Gasteiger partial charge in [0.2, 0.25) is 0 Å². The molecule has 0 spiro atoms. The van der Waals surface area contributed by atoms with E-state index in [1.165, 1.54) is 30.3 Å². The van der Waals surface area contributed by atoms with Crippen molar-refractivity contribution in [2.75, 3.05) is 39.8 Å². The summed E-state index contributed by atoms with van der Waals surface area (Å²) in [6, 6.07) is 2.70. The molecule has 1 aliphatic heterocycles. The molecule has 0 aliphatic carbocycles. The third-order valence-electron chi connectivity index (χ3n) is 4.06. The number of nitrogens with one attached hydrogen (secondary N) is 2. The van der Waals surface area contributed by atoms with Gasteiger partial charge in [0.25, 0.3) is 5.91 Å². The maximum atomic E-state index is 14.0. The van der Waals surface area contributed by atoms with Crippen molar-refractivity contribution < 1.29 is 27.5 Å². The zero-order valence-corrected chi connectivity index (χ0v) is 15.0. The fourth-order valence-corrected chi connectivity index (χ4v) is 2.51. The van der Waals surface area contributed by atoms with Crippen LogP contribution in [0.25, 0.3) is 0 Å². The molecular formula is C16H22F3N5O3. The number of nitrogens with zero attached hydrogens (tertiary/aromatic N) is 3. The van der Waals surface area contributed by atoms with Crippen LogP contribution in [0, 0.1) is 0 Å². The predicted molar refractivity (Wildman–Crippen MR) is 89.3 cm³/mol. The first kappa shape index (κ1) is 21.1. The fourth-order valence-electron chi connectivity index (χ4n) is 2.51. The van der Waals surface area contributed by atoms with Gasteiger partial charge < -0.3 is 15.0 Å². The van der Waals surface area contributed by atoms with E-state index >= 15 is 0 Å². The summed E-state index contributed by atoms with van der Waals surface area (Å²) >= 11 is 0. The van der Waals surface area contributed by atoms with Crippen LogP contribution >= 0.6 is 0 Å². The third kappa shape index (κ3) is 4.93. The van der Waals surface area contributed by atoms with Crippen molar-refractivity contribution in [2.24, 2.45) is 0 Å². The molecule has 150 valence electrons. The monoisotopic (exact) mass is 389 g/mol. The molecule has 0 saturated carbocycles. The zero-order chi connectivity index (χ0) is 20.1. The highest BCUT2D eigenvalue weighted by Gasteiger charge is 2.64. The molecule has 2 heterocycles. The van der Waals surface area contributed by atoms with Gasteiger partial charge in [0, 0.05) is 38.6 Å². The quantitative estimate of drug-likeness (QED) is 0.538. The lowest BCUT2D eigenvalue weighted by Gasteiger charge is -2.41. The lowest BCUT2D eigenvalue weighted by molar-refractivity contribution is -0.231. The lowest BCUT2D eigenvalue weighted by atomic mass is 10.1. The molecule has 11 heteroatoms. The summed E-state index contributed by atoms with van der Waals surface area (Å²) in [6.07, 6.45) is -2.67. The van der Waals surface area contributed by atoms with Gasteiger partial charge >= 0.3 is 17.8 Å². The van der Waals surface area contributed by atoms with E-state index in [9.17, 15) is 22.8 Å². The molecular weight excluding hydrogens is 367 g/mol. The van der Waals surface area contributed by atoms with E-state index < -0.39 is 23.7 Å². The zero-order valence-electron chi connectivity index (χ0n) is 15.0. The van der Waals surface area contributed by atoms with E-state index in [4.69, 9.17) is 0 Å². The van der Waals surface area contributed by atoms with Crippen LogP contribution in [0.15, 0.2) is 24.5 Å². The lowest BCUT2D eigenvalue weighted by Crippen LogP contribution is -2.76. The fraction of sp³-hybridized carbons (Fsp3) is 0.562. The average molecular weight is 389 g/mol. The number of hydrazine groups is 1.